The number of hydrogen-bond acceptors (Lipinski definition) is 3. The van der Waals surface area contributed by atoms with E-state index in [0.29, 0.717) is 6.42 Å². The van der Waals surface area contributed by atoms with Gasteiger partial charge in [0.1, 0.15) is 5.75 Å². The van der Waals surface area contributed by atoms with Gasteiger partial charge < -0.3 is 10.5 Å². The van der Waals surface area contributed by atoms with Crippen LogP contribution in [0.1, 0.15) is 36.8 Å². The summed E-state index contributed by atoms with van der Waals surface area (Å²) in [6.45, 7) is 3.93. The van der Waals surface area contributed by atoms with Gasteiger partial charge in [0, 0.05) is 19.0 Å². The summed E-state index contributed by atoms with van der Waals surface area (Å²) in [5.74, 6) is 0.717. The molecule has 4 nitrogen and oxygen atoms in total. The third-order valence-corrected chi connectivity index (χ3v) is 4.04. The van der Waals surface area contributed by atoms with E-state index in [0.717, 1.165) is 30.8 Å². The summed E-state index contributed by atoms with van der Waals surface area (Å²) in [4.78, 5) is 13.6. The molecule has 0 aliphatic carbocycles. The number of ether oxygens (including phenoxy) is 1. The highest BCUT2D eigenvalue weighted by molar-refractivity contribution is 5.74. The molecule has 0 radical (unpaired) electrons. The zero-order chi connectivity index (χ0) is 14.5. The lowest BCUT2D eigenvalue weighted by molar-refractivity contribution is -0.119. The maximum absolute atomic E-state index is 11.2. The average molecular weight is 276 g/mol. The van der Waals surface area contributed by atoms with Crippen molar-refractivity contribution in [2.24, 2.45) is 5.73 Å². The highest BCUT2D eigenvalue weighted by atomic mass is 16.5. The van der Waals surface area contributed by atoms with Crippen LogP contribution in [0.5, 0.6) is 5.75 Å². The van der Waals surface area contributed by atoms with Gasteiger partial charge in [-0.05, 0) is 43.5 Å². The number of amides is 1. The molecular weight excluding hydrogens is 252 g/mol. The Bertz CT molecular complexity index is 474. The number of carbonyl (C=O) groups is 1. The van der Waals surface area contributed by atoms with Crippen LogP contribution in [0.4, 0.5) is 0 Å². The van der Waals surface area contributed by atoms with Crippen LogP contribution < -0.4 is 10.5 Å². The first-order valence-corrected chi connectivity index (χ1v) is 7.26. The highest BCUT2D eigenvalue weighted by Crippen LogP contribution is 2.24. The van der Waals surface area contributed by atoms with E-state index < -0.39 is 0 Å². The van der Waals surface area contributed by atoms with E-state index >= 15 is 0 Å². The number of rotatable bonds is 5. The molecule has 1 heterocycles. The summed E-state index contributed by atoms with van der Waals surface area (Å²) in [6.07, 6.45) is 3.90. The average Bonchev–Trinajstić information content (AvgIpc) is 2.42. The Balaban J connectivity index is 2.08. The molecule has 1 aliphatic rings. The Kier molecular flexibility index (Phi) is 5.01. The first-order valence-electron chi connectivity index (χ1n) is 7.26. The van der Waals surface area contributed by atoms with Crippen molar-refractivity contribution in [3.8, 4) is 5.75 Å². The van der Waals surface area contributed by atoms with Gasteiger partial charge >= 0.3 is 0 Å². The van der Waals surface area contributed by atoms with Gasteiger partial charge in [-0.25, -0.2) is 0 Å². The summed E-state index contributed by atoms with van der Waals surface area (Å²) in [7, 11) is 1.70. The third-order valence-electron chi connectivity index (χ3n) is 4.04. The lowest BCUT2D eigenvalue weighted by Crippen LogP contribution is -2.41. The summed E-state index contributed by atoms with van der Waals surface area (Å²) in [6, 6.07) is 6.59. The second kappa shape index (κ2) is 6.75. The highest BCUT2D eigenvalue weighted by Gasteiger charge is 2.24. The molecule has 4 heteroatoms. The summed E-state index contributed by atoms with van der Waals surface area (Å²) in [5.41, 5.74) is 7.73. The second-order valence-electron chi connectivity index (χ2n) is 5.59. The third kappa shape index (κ3) is 3.73. The van der Waals surface area contributed by atoms with Crippen LogP contribution in [0.25, 0.3) is 0 Å². The van der Waals surface area contributed by atoms with Crippen molar-refractivity contribution in [1.29, 1.82) is 0 Å². The molecule has 1 aromatic rings. The molecule has 1 saturated heterocycles. The fourth-order valence-electron chi connectivity index (χ4n) is 2.93. The molecule has 0 saturated carbocycles. The van der Waals surface area contributed by atoms with Crippen LogP contribution in [0.15, 0.2) is 18.2 Å². The van der Waals surface area contributed by atoms with Gasteiger partial charge in [-0.15, -0.1) is 0 Å². The molecule has 1 aromatic carbocycles. The Hall–Kier alpha value is -1.55. The van der Waals surface area contributed by atoms with Crippen molar-refractivity contribution < 1.29 is 9.53 Å². The molecule has 1 aliphatic heterocycles. The normalized spacial score (nSPS) is 19.8. The number of hydrogen-bond donors (Lipinski definition) is 1. The maximum Gasteiger partial charge on any atom is 0.218 e. The molecule has 1 fully saturated rings. The van der Waals surface area contributed by atoms with Crippen LogP contribution in [-0.2, 0) is 11.3 Å². The first-order chi connectivity index (χ1) is 9.60. The van der Waals surface area contributed by atoms with E-state index in [1.54, 1.807) is 7.11 Å². The topological polar surface area (TPSA) is 55.6 Å². The van der Waals surface area contributed by atoms with Gasteiger partial charge in [0.2, 0.25) is 5.91 Å². The number of primary amides is 1. The molecule has 2 N–H and O–H groups in total. The summed E-state index contributed by atoms with van der Waals surface area (Å²) in [5, 5.41) is 0. The van der Waals surface area contributed by atoms with E-state index in [9.17, 15) is 4.79 Å². The molecule has 1 unspecified atom stereocenters. The molecule has 2 rings (SSSR count). The second-order valence-corrected chi connectivity index (χ2v) is 5.59. The van der Waals surface area contributed by atoms with Crippen molar-refractivity contribution in [3.05, 3.63) is 29.3 Å². The fourth-order valence-corrected chi connectivity index (χ4v) is 2.93. The van der Waals surface area contributed by atoms with E-state index in [1.807, 2.05) is 6.92 Å². The van der Waals surface area contributed by atoms with Crippen molar-refractivity contribution in [3.63, 3.8) is 0 Å². The SMILES string of the molecule is COc1cc(CN2CCCCC2CC(N)=O)ccc1C. The van der Waals surface area contributed by atoms with Crippen LogP contribution >= 0.6 is 0 Å². The monoisotopic (exact) mass is 276 g/mol. The lowest BCUT2D eigenvalue weighted by atomic mass is 9.98. The molecule has 0 spiro atoms. The quantitative estimate of drug-likeness (QED) is 0.897. The minimum Gasteiger partial charge on any atom is -0.496 e. The Morgan fingerprint density at radius 3 is 2.95 bits per heavy atom. The van der Waals surface area contributed by atoms with Crippen LogP contribution in [0, 0.1) is 6.92 Å². The van der Waals surface area contributed by atoms with Gasteiger partial charge in [-0.3, -0.25) is 9.69 Å². The minimum absolute atomic E-state index is 0.205. The van der Waals surface area contributed by atoms with Crippen molar-refractivity contribution in [2.75, 3.05) is 13.7 Å². The van der Waals surface area contributed by atoms with E-state index in [2.05, 4.69) is 23.1 Å². The van der Waals surface area contributed by atoms with Crippen LogP contribution in [0.3, 0.4) is 0 Å². The van der Waals surface area contributed by atoms with Gasteiger partial charge in [-0.2, -0.15) is 0 Å². The molecule has 0 bridgehead atoms. The van der Waals surface area contributed by atoms with Gasteiger partial charge in [-0.1, -0.05) is 18.6 Å². The van der Waals surface area contributed by atoms with Crippen molar-refractivity contribution in [1.82, 2.24) is 4.90 Å². The van der Waals surface area contributed by atoms with E-state index in [1.165, 1.54) is 18.4 Å². The first kappa shape index (κ1) is 14.9. The molecular formula is C16H24N2O2. The number of nitrogens with zero attached hydrogens (tertiary/aromatic N) is 1. The van der Waals surface area contributed by atoms with Gasteiger partial charge in [0.25, 0.3) is 0 Å². The standard InChI is InChI=1S/C16H24N2O2/c1-12-6-7-13(9-15(12)20-2)11-18-8-4-3-5-14(18)10-16(17)19/h6-7,9,14H,3-5,8,10-11H2,1-2H3,(H2,17,19). The lowest BCUT2D eigenvalue weighted by Gasteiger charge is -2.35. The number of aryl methyl sites for hydroxylation is 1. The largest absolute Gasteiger partial charge is 0.496 e. The van der Waals surface area contributed by atoms with Crippen LogP contribution in [-0.4, -0.2) is 30.5 Å². The number of likely N-dealkylation sites (tertiary alicyclic amines) is 1. The number of methoxy groups -OCH3 is 1. The Morgan fingerprint density at radius 2 is 2.25 bits per heavy atom. The van der Waals surface area contributed by atoms with E-state index in [4.69, 9.17) is 10.5 Å². The smallest absolute Gasteiger partial charge is 0.218 e. The maximum atomic E-state index is 11.2. The summed E-state index contributed by atoms with van der Waals surface area (Å²) < 4.78 is 5.37. The molecule has 110 valence electrons. The zero-order valence-electron chi connectivity index (χ0n) is 12.4. The molecule has 1 atom stereocenters. The van der Waals surface area contributed by atoms with Crippen molar-refractivity contribution >= 4 is 5.91 Å². The van der Waals surface area contributed by atoms with Gasteiger partial charge in [0.05, 0.1) is 7.11 Å². The minimum atomic E-state index is -0.205. The number of nitrogens with two attached hydrogens (primary N) is 1. The number of piperidine rings is 1. The van der Waals surface area contributed by atoms with Crippen molar-refractivity contribution in [2.45, 2.75) is 45.2 Å². The molecule has 20 heavy (non-hydrogen) atoms. The zero-order valence-corrected chi connectivity index (χ0v) is 12.4. The molecule has 1 amide bonds. The van der Waals surface area contributed by atoms with Gasteiger partial charge in [0.15, 0.2) is 0 Å². The van der Waals surface area contributed by atoms with Crippen LogP contribution in [0.2, 0.25) is 0 Å². The molecule has 0 aromatic heterocycles. The fraction of sp³-hybridized carbons (Fsp3) is 0.562. The Labute approximate surface area is 120 Å². The predicted molar refractivity (Wildman–Crippen MR) is 79.6 cm³/mol. The predicted octanol–water partition coefficient (Wildman–Crippen LogP) is 2.23. The number of carbonyl (C=O) groups excluding carboxylic acids is 1. The van der Waals surface area contributed by atoms with E-state index in [-0.39, 0.29) is 11.9 Å². The number of benzene rings is 1. The summed E-state index contributed by atoms with van der Waals surface area (Å²) >= 11 is 0. The Morgan fingerprint density at radius 1 is 1.45 bits per heavy atom.